The molecule has 3 atom stereocenters. The molecule has 5 aromatic carbocycles. The lowest BCUT2D eigenvalue weighted by Crippen LogP contribution is -2.48. The van der Waals surface area contributed by atoms with E-state index in [1.807, 2.05) is 18.2 Å². The lowest BCUT2D eigenvalue weighted by atomic mass is 9.99. The van der Waals surface area contributed by atoms with E-state index >= 15 is 0 Å². The van der Waals surface area contributed by atoms with Crippen molar-refractivity contribution in [1.82, 2.24) is 0 Å². The molecule has 15 heteroatoms. The summed E-state index contributed by atoms with van der Waals surface area (Å²) in [6.45, 7) is -0.166. The van der Waals surface area contributed by atoms with Gasteiger partial charge in [0.15, 0.2) is 58.2 Å². The Kier molecular flexibility index (Phi) is 14.0. The van der Waals surface area contributed by atoms with Crippen molar-refractivity contribution in [1.29, 1.82) is 0 Å². The van der Waals surface area contributed by atoms with E-state index in [-0.39, 0.29) is 53.8 Å². The Morgan fingerprint density at radius 2 is 1.31 bits per heavy atom. The van der Waals surface area contributed by atoms with Crippen LogP contribution >= 0.6 is 11.8 Å². The fourth-order valence-electron chi connectivity index (χ4n) is 6.59. The number of para-hydroxylation sites is 1. The molecular formula is C44H42F4NO9S+. The first-order chi connectivity index (χ1) is 28.5. The molecule has 1 N–H and O–H groups in total. The number of allylic oxidation sites excluding steroid dienone is 1. The van der Waals surface area contributed by atoms with Gasteiger partial charge in [0.1, 0.15) is 0 Å². The standard InChI is InChI=1S/C44H42F4NO9S/c1-52-36-23-29(34-17-18-35(57-34)30-24-37(53-2)42(55-4)38(25-30)54-3)22-28(41(36)56-20-21-59-43-39(47)32(45)26-33(46)40(43)48)14-11-19-49(51,58-31-15-9-6-10-16-31)44(50)27-12-7-5-8-13-27/h5-13,15-16,19,22-26,34-35,51H,14,17-18,20-21H2,1-4H3/q+1. The van der Waals surface area contributed by atoms with Crippen LogP contribution in [0.3, 0.4) is 0 Å². The molecule has 1 amide bonds. The molecule has 0 aromatic heterocycles. The zero-order chi connectivity index (χ0) is 42.1. The number of thioether (sulfide) groups is 1. The second-order valence-electron chi connectivity index (χ2n) is 13.1. The van der Waals surface area contributed by atoms with Crippen LogP contribution in [0.1, 0.15) is 52.1 Å². The van der Waals surface area contributed by atoms with E-state index in [0.717, 1.165) is 11.1 Å². The summed E-state index contributed by atoms with van der Waals surface area (Å²) in [6.07, 6.45) is 3.28. The summed E-state index contributed by atoms with van der Waals surface area (Å²) < 4.78 is 91.6. The molecule has 3 unspecified atom stereocenters. The van der Waals surface area contributed by atoms with Gasteiger partial charge >= 0.3 is 5.91 Å². The van der Waals surface area contributed by atoms with Gasteiger partial charge in [-0.25, -0.2) is 22.4 Å². The van der Waals surface area contributed by atoms with Crippen LogP contribution < -0.4 is 28.5 Å². The molecule has 0 saturated carbocycles. The van der Waals surface area contributed by atoms with Gasteiger partial charge in [0.25, 0.3) is 0 Å². The molecule has 1 saturated heterocycles. The Hall–Kier alpha value is -5.74. The Bertz CT molecular complexity index is 2230. The minimum atomic E-state index is -1.57. The van der Waals surface area contributed by atoms with Gasteiger partial charge < -0.3 is 28.4 Å². The number of ether oxygens (including phenoxy) is 6. The van der Waals surface area contributed by atoms with Gasteiger partial charge in [0.05, 0.1) is 62.5 Å². The number of halogens is 4. The summed E-state index contributed by atoms with van der Waals surface area (Å²) in [7, 11) is 6.03. The molecule has 10 nitrogen and oxygen atoms in total. The summed E-state index contributed by atoms with van der Waals surface area (Å²) in [6, 6.07) is 23.9. The lowest BCUT2D eigenvalue weighted by Gasteiger charge is -2.22. The Morgan fingerprint density at radius 1 is 0.763 bits per heavy atom. The van der Waals surface area contributed by atoms with Crippen LogP contribution in [0.2, 0.25) is 0 Å². The molecule has 59 heavy (non-hydrogen) atoms. The Morgan fingerprint density at radius 3 is 1.86 bits per heavy atom. The number of carbonyl (C=O) groups excluding carboxylic acids is 1. The van der Waals surface area contributed by atoms with Crippen molar-refractivity contribution in [3.05, 3.63) is 149 Å². The van der Waals surface area contributed by atoms with E-state index in [9.17, 15) is 27.6 Å². The highest BCUT2D eigenvalue weighted by Gasteiger charge is 2.39. The van der Waals surface area contributed by atoms with Gasteiger partial charge in [-0.2, -0.15) is 5.21 Å². The third-order valence-electron chi connectivity index (χ3n) is 9.42. The topological polar surface area (TPSA) is 102 Å². The van der Waals surface area contributed by atoms with Crippen molar-refractivity contribution in [3.63, 3.8) is 0 Å². The largest absolute Gasteiger partial charge is 0.493 e. The van der Waals surface area contributed by atoms with Crippen LogP contribution in [0.5, 0.6) is 34.5 Å². The molecule has 0 aliphatic carbocycles. The summed E-state index contributed by atoms with van der Waals surface area (Å²) in [4.78, 5) is 17.2. The van der Waals surface area contributed by atoms with E-state index in [0.29, 0.717) is 47.4 Å². The molecule has 310 valence electrons. The smallest absolute Gasteiger partial charge is 0.425 e. The number of carbonyl (C=O) groups is 1. The van der Waals surface area contributed by atoms with Crippen molar-refractivity contribution in [2.75, 3.05) is 40.8 Å². The number of amides is 1. The minimum Gasteiger partial charge on any atom is -0.493 e. The van der Waals surface area contributed by atoms with Crippen molar-refractivity contribution >= 4 is 17.7 Å². The highest BCUT2D eigenvalue weighted by Crippen LogP contribution is 2.47. The van der Waals surface area contributed by atoms with Crippen molar-refractivity contribution in [2.45, 2.75) is 36.4 Å². The first kappa shape index (κ1) is 42.9. The molecule has 1 aliphatic rings. The lowest BCUT2D eigenvalue weighted by molar-refractivity contribution is -1.13. The molecule has 1 fully saturated rings. The fourth-order valence-corrected chi connectivity index (χ4v) is 7.41. The maximum absolute atomic E-state index is 14.4. The third kappa shape index (κ3) is 9.77. The summed E-state index contributed by atoms with van der Waals surface area (Å²) >= 11 is 0.548. The number of benzene rings is 5. The second kappa shape index (κ2) is 19.3. The molecular weight excluding hydrogens is 795 g/mol. The zero-order valence-corrected chi connectivity index (χ0v) is 33.4. The number of hydrogen-bond donors (Lipinski definition) is 1. The summed E-state index contributed by atoms with van der Waals surface area (Å²) in [5.74, 6) is -4.74. The van der Waals surface area contributed by atoms with E-state index in [2.05, 4.69) is 0 Å². The first-order valence-corrected chi connectivity index (χ1v) is 19.4. The van der Waals surface area contributed by atoms with Crippen LogP contribution in [0.25, 0.3) is 0 Å². The monoisotopic (exact) mass is 836 g/mol. The number of methoxy groups -OCH3 is 4. The number of quaternary nitrogens is 1. The Balaban J connectivity index is 1.31. The fraction of sp³-hybridized carbons (Fsp3) is 0.250. The van der Waals surface area contributed by atoms with E-state index < -0.39 is 45.0 Å². The van der Waals surface area contributed by atoms with Gasteiger partial charge in [0.2, 0.25) is 5.75 Å². The van der Waals surface area contributed by atoms with Crippen LogP contribution in [0.15, 0.2) is 108 Å². The summed E-state index contributed by atoms with van der Waals surface area (Å²) in [5.41, 5.74) is 2.26. The van der Waals surface area contributed by atoms with Crippen molar-refractivity contribution < 1.29 is 65.6 Å². The molecule has 0 bridgehead atoms. The average Bonchev–Trinajstić information content (AvgIpc) is 3.76. The Labute approximate surface area is 342 Å². The predicted molar refractivity (Wildman–Crippen MR) is 210 cm³/mol. The number of rotatable bonds is 17. The first-order valence-electron chi connectivity index (χ1n) is 18.4. The van der Waals surface area contributed by atoms with Crippen LogP contribution in [0.4, 0.5) is 17.6 Å². The third-order valence-corrected chi connectivity index (χ3v) is 10.4. The molecule has 0 radical (unpaired) electrons. The zero-order valence-electron chi connectivity index (χ0n) is 32.6. The number of nitrogens with zero attached hydrogens (tertiary/aromatic N) is 1. The molecule has 1 heterocycles. The maximum Gasteiger partial charge on any atom is 0.425 e. The highest BCUT2D eigenvalue weighted by molar-refractivity contribution is 7.99. The van der Waals surface area contributed by atoms with Gasteiger partial charge in [-0.3, -0.25) is 4.84 Å². The molecule has 0 spiro atoms. The van der Waals surface area contributed by atoms with Gasteiger partial charge in [-0.05, 0) is 85.0 Å². The van der Waals surface area contributed by atoms with Gasteiger partial charge in [-0.15, -0.1) is 11.8 Å². The maximum atomic E-state index is 14.4. The van der Waals surface area contributed by atoms with Crippen molar-refractivity contribution in [2.24, 2.45) is 0 Å². The number of hydroxylamine groups is 4. The predicted octanol–water partition coefficient (Wildman–Crippen LogP) is 10.1. The molecule has 6 rings (SSSR count). The second-order valence-corrected chi connectivity index (χ2v) is 14.2. The minimum absolute atomic E-state index is 0.0504. The van der Waals surface area contributed by atoms with Gasteiger partial charge in [-0.1, -0.05) is 36.4 Å². The van der Waals surface area contributed by atoms with Gasteiger partial charge in [0, 0.05) is 17.4 Å². The quantitative estimate of drug-likeness (QED) is 0.0185. The van der Waals surface area contributed by atoms with Crippen LogP contribution in [-0.2, 0) is 11.2 Å². The molecule has 1 aliphatic heterocycles. The van der Waals surface area contributed by atoms with E-state index in [1.54, 1.807) is 66.7 Å². The average molecular weight is 837 g/mol. The van der Waals surface area contributed by atoms with E-state index in [1.165, 1.54) is 40.7 Å². The van der Waals surface area contributed by atoms with Crippen LogP contribution in [0, 0.1) is 23.3 Å². The number of hydrogen-bond acceptors (Lipinski definition) is 10. The van der Waals surface area contributed by atoms with E-state index in [4.69, 9.17) is 33.3 Å². The SMILES string of the molecule is COc1cc(C2CCC(c3cc(OC)c(OC)c(OC)c3)O2)cc(CC=C[N+](O)(Oc2ccccc2)C(=O)c2ccccc2)c1OCCSc1c(F)c(F)cc(F)c1F. The van der Waals surface area contributed by atoms with Crippen LogP contribution in [-0.4, -0.2) is 56.7 Å². The normalized spacial score (nSPS) is 16.1. The molecule has 5 aromatic rings. The summed E-state index contributed by atoms with van der Waals surface area (Å²) in [5, 5.41) is 11.7. The van der Waals surface area contributed by atoms with Crippen molar-refractivity contribution in [3.8, 4) is 34.5 Å². The highest BCUT2D eigenvalue weighted by atomic mass is 32.2.